The van der Waals surface area contributed by atoms with Crippen LogP contribution >= 0.6 is 0 Å². The van der Waals surface area contributed by atoms with E-state index in [4.69, 9.17) is 0 Å². The van der Waals surface area contributed by atoms with Gasteiger partial charge in [-0.1, -0.05) is 40.0 Å². The topological polar surface area (TPSA) is 32.3 Å². The molecule has 0 heterocycles. The van der Waals surface area contributed by atoms with Gasteiger partial charge in [-0.3, -0.25) is 9.69 Å². The van der Waals surface area contributed by atoms with Crippen LogP contribution in [0.5, 0.6) is 0 Å². The van der Waals surface area contributed by atoms with Crippen molar-refractivity contribution < 1.29 is 4.79 Å². The molecule has 3 heteroatoms. The molecule has 1 saturated carbocycles. The lowest BCUT2D eigenvalue weighted by Gasteiger charge is -2.29. The van der Waals surface area contributed by atoms with Crippen molar-refractivity contribution in [3.63, 3.8) is 0 Å². The maximum absolute atomic E-state index is 11.5. The van der Waals surface area contributed by atoms with Gasteiger partial charge in [-0.05, 0) is 25.3 Å². The predicted molar refractivity (Wildman–Crippen MR) is 71.7 cm³/mol. The molecule has 0 atom stereocenters. The molecule has 1 rings (SSSR count). The first-order chi connectivity index (χ1) is 8.13. The number of carbonyl (C=O) groups excluding carboxylic acids is 1. The van der Waals surface area contributed by atoms with Crippen LogP contribution in [-0.2, 0) is 4.79 Å². The van der Waals surface area contributed by atoms with E-state index in [0.29, 0.717) is 6.67 Å². The summed E-state index contributed by atoms with van der Waals surface area (Å²) in [5.74, 6) is 1.09. The van der Waals surface area contributed by atoms with Crippen molar-refractivity contribution >= 4 is 5.91 Å². The van der Waals surface area contributed by atoms with Crippen molar-refractivity contribution in [2.75, 3.05) is 19.8 Å². The maximum atomic E-state index is 11.5. The highest BCUT2D eigenvalue weighted by molar-refractivity contribution is 5.77. The normalized spacial score (nSPS) is 17.7. The van der Waals surface area contributed by atoms with E-state index in [2.05, 4.69) is 17.1 Å². The molecule has 1 aliphatic rings. The second kappa shape index (κ2) is 7.70. The maximum Gasteiger partial charge on any atom is 0.223 e. The smallest absolute Gasteiger partial charge is 0.223 e. The number of carbonyl (C=O) groups is 1. The molecule has 1 aliphatic carbocycles. The molecule has 100 valence electrons. The van der Waals surface area contributed by atoms with Crippen LogP contribution in [0.3, 0.4) is 0 Å². The summed E-state index contributed by atoms with van der Waals surface area (Å²) in [7, 11) is 0. The van der Waals surface area contributed by atoms with Crippen LogP contribution in [0, 0.1) is 11.8 Å². The van der Waals surface area contributed by atoms with Gasteiger partial charge in [-0.2, -0.15) is 0 Å². The summed E-state index contributed by atoms with van der Waals surface area (Å²) in [6, 6.07) is 0. The first kappa shape index (κ1) is 14.5. The molecule has 17 heavy (non-hydrogen) atoms. The molecule has 3 nitrogen and oxygen atoms in total. The Morgan fingerprint density at radius 3 is 2.47 bits per heavy atom. The van der Waals surface area contributed by atoms with E-state index < -0.39 is 0 Å². The fourth-order valence-electron chi connectivity index (χ4n) is 2.43. The molecule has 0 aliphatic heterocycles. The molecule has 0 unspecified atom stereocenters. The SMILES string of the molecule is CCN(CNC(=O)C(C)C)CC1CCCCC1. The Hall–Kier alpha value is -0.570. The number of rotatable bonds is 6. The predicted octanol–water partition coefficient (Wildman–Crippen LogP) is 2.62. The summed E-state index contributed by atoms with van der Waals surface area (Å²) in [5.41, 5.74) is 0. The van der Waals surface area contributed by atoms with Crippen LogP contribution in [0.4, 0.5) is 0 Å². The molecule has 0 aromatic carbocycles. The Bertz CT molecular complexity index is 222. The molecular weight excluding hydrogens is 212 g/mol. The van der Waals surface area contributed by atoms with Crippen LogP contribution < -0.4 is 5.32 Å². The minimum Gasteiger partial charge on any atom is -0.343 e. The highest BCUT2D eigenvalue weighted by Gasteiger charge is 2.17. The molecule has 0 bridgehead atoms. The van der Waals surface area contributed by atoms with Gasteiger partial charge in [0.2, 0.25) is 5.91 Å². The second-order valence-corrected chi connectivity index (χ2v) is 5.53. The zero-order valence-electron chi connectivity index (χ0n) is 11.7. The standard InChI is InChI=1S/C14H28N2O/c1-4-16(11-15-14(17)12(2)3)10-13-8-6-5-7-9-13/h12-13H,4-11H2,1-3H3,(H,15,17). The van der Waals surface area contributed by atoms with E-state index in [9.17, 15) is 4.79 Å². The summed E-state index contributed by atoms with van der Waals surface area (Å²) >= 11 is 0. The summed E-state index contributed by atoms with van der Waals surface area (Å²) < 4.78 is 0. The lowest BCUT2D eigenvalue weighted by molar-refractivity contribution is -0.124. The Morgan fingerprint density at radius 1 is 1.29 bits per heavy atom. The number of amides is 1. The molecule has 1 amide bonds. The summed E-state index contributed by atoms with van der Waals surface area (Å²) in [6.45, 7) is 8.93. The average Bonchev–Trinajstić information content (AvgIpc) is 2.35. The van der Waals surface area contributed by atoms with Gasteiger partial charge in [0, 0.05) is 12.5 Å². The zero-order valence-corrected chi connectivity index (χ0v) is 11.7. The van der Waals surface area contributed by atoms with E-state index in [1.165, 1.54) is 32.1 Å². The molecule has 0 aromatic rings. The summed E-state index contributed by atoms with van der Waals surface area (Å²) in [4.78, 5) is 13.9. The van der Waals surface area contributed by atoms with Gasteiger partial charge in [0.1, 0.15) is 0 Å². The number of nitrogens with zero attached hydrogens (tertiary/aromatic N) is 1. The molecule has 0 radical (unpaired) electrons. The number of hydrogen-bond donors (Lipinski definition) is 1. The minimum absolute atomic E-state index is 0.0865. The molecule has 0 aromatic heterocycles. The van der Waals surface area contributed by atoms with E-state index in [1.807, 2.05) is 13.8 Å². The van der Waals surface area contributed by atoms with Crippen molar-refractivity contribution in [1.82, 2.24) is 10.2 Å². The molecule has 0 spiro atoms. The number of hydrogen-bond acceptors (Lipinski definition) is 2. The third-order valence-electron chi connectivity index (χ3n) is 3.69. The zero-order chi connectivity index (χ0) is 12.7. The van der Waals surface area contributed by atoms with Gasteiger partial charge >= 0.3 is 0 Å². The Labute approximate surface area is 106 Å². The minimum atomic E-state index is 0.0865. The largest absolute Gasteiger partial charge is 0.343 e. The first-order valence-corrected chi connectivity index (χ1v) is 7.13. The lowest BCUT2D eigenvalue weighted by Crippen LogP contribution is -2.41. The van der Waals surface area contributed by atoms with Crippen molar-refractivity contribution in [3.8, 4) is 0 Å². The van der Waals surface area contributed by atoms with Gasteiger partial charge in [-0.25, -0.2) is 0 Å². The molecule has 1 fully saturated rings. The third-order valence-corrected chi connectivity index (χ3v) is 3.69. The van der Waals surface area contributed by atoms with Crippen LogP contribution in [-0.4, -0.2) is 30.6 Å². The van der Waals surface area contributed by atoms with Gasteiger partial charge < -0.3 is 5.32 Å². The Kier molecular flexibility index (Phi) is 6.56. The first-order valence-electron chi connectivity index (χ1n) is 7.13. The van der Waals surface area contributed by atoms with Crippen LogP contribution in [0.1, 0.15) is 52.9 Å². The van der Waals surface area contributed by atoms with Gasteiger partial charge in [0.15, 0.2) is 0 Å². The van der Waals surface area contributed by atoms with Crippen molar-refractivity contribution in [3.05, 3.63) is 0 Å². The quantitative estimate of drug-likeness (QED) is 0.724. The highest BCUT2D eigenvalue weighted by Crippen LogP contribution is 2.24. The van der Waals surface area contributed by atoms with Crippen LogP contribution in [0.15, 0.2) is 0 Å². The van der Waals surface area contributed by atoms with E-state index >= 15 is 0 Å². The van der Waals surface area contributed by atoms with E-state index in [-0.39, 0.29) is 11.8 Å². The highest BCUT2D eigenvalue weighted by atomic mass is 16.1. The summed E-state index contributed by atoms with van der Waals surface area (Å²) in [5, 5.41) is 3.01. The fraction of sp³-hybridized carbons (Fsp3) is 0.929. The third kappa shape index (κ3) is 5.53. The fourth-order valence-corrected chi connectivity index (χ4v) is 2.43. The van der Waals surface area contributed by atoms with Crippen LogP contribution in [0.2, 0.25) is 0 Å². The van der Waals surface area contributed by atoms with E-state index in [0.717, 1.165) is 19.0 Å². The van der Waals surface area contributed by atoms with Crippen LogP contribution in [0.25, 0.3) is 0 Å². The van der Waals surface area contributed by atoms with Gasteiger partial charge in [-0.15, -0.1) is 0 Å². The van der Waals surface area contributed by atoms with Gasteiger partial charge in [0.25, 0.3) is 0 Å². The van der Waals surface area contributed by atoms with Crippen molar-refractivity contribution in [2.24, 2.45) is 11.8 Å². The second-order valence-electron chi connectivity index (χ2n) is 5.53. The molecular formula is C14H28N2O. The summed E-state index contributed by atoms with van der Waals surface area (Å²) in [6.07, 6.45) is 6.93. The van der Waals surface area contributed by atoms with Crippen molar-refractivity contribution in [1.29, 1.82) is 0 Å². The molecule has 1 N–H and O–H groups in total. The average molecular weight is 240 g/mol. The Morgan fingerprint density at radius 2 is 1.94 bits per heavy atom. The lowest BCUT2D eigenvalue weighted by atomic mass is 9.89. The Balaban J connectivity index is 2.25. The monoisotopic (exact) mass is 240 g/mol. The van der Waals surface area contributed by atoms with Crippen molar-refractivity contribution in [2.45, 2.75) is 52.9 Å². The molecule has 0 saturated heterocycles. The number of nitrogens with one attached hydrogen (secondary N) is 1. The van der Waals surface area contributed by atoms with Gasteiger partial charge in [0.05, 0.1) is 6.67 Å². The van der Waals surface area contributed by atoms with E-state index in [1.54, 1.807) is 0 Å².